The van der Waals surface area contributed by atoms with Crippen LogP contribution in [-0.4, -0.2) is 34.3 Å². The third-order valence-electron chi connectivity index (χ3n) is 4.79. The summed E-state index contributed by atoms with van der Waals surface area (Å²) in [6, 6.07) is 10.5. The molecule has 0 spiro atoms. The standard InChI is InChI=1S/C23H23Cl2NO6/c1-4-23(2,3)32-22(31)19(27)12-20(28)26(13-14-8-9-17(24)18(25)10-14)16-7-5-6-15(11-16)21(29)30/h5-11H,4,12-13H2,1-3H3,(H,29,30). The maximum atomic E-state index is 13.0. The van der Waals surface area contributed by atoms with Crippen molar-refractivity contribution in [3.05, 3.63) is 63.6 Å². The maximum Gasteiger partial charge on any atom is 0.375 e. The van der Waals surface area contributed by atoms with Gasteiger partial charge in [0.1, 0.15) is 5.60 Å². The SMILES string of the molecule is CCC(C)(C)OC(=O)C(=O)CC(=O)N(Cc1ccc(Cl)c(Cl)c1)c1cccc(C(=O)O)c1. The summed E-state index contributed by atoms with van der Waals surface area (Å²) in [6.07, 6.45) is -0.247. The molecule has 0 aliphatic carbocycles. The van der Waals surface area contributed by atoms with E-state index in [1.54, 1.807) is 39.0 Å². The number of carboxylic acid groups (broad SMARTS) is 1. The van der Waals surface area contributed by atoms with E-state index in [0.29, 0.717) is 17.0 Å². The number of carbonyl (C=O) groups excluding carboxylic acids is 3. The lowest BCUT2D eigenvalue weighted by Gasteiger charge is -2.25. The Kier molecular flexibility index (Phi) is 8.41. The van der Waals surface area contributed by atoms with Crippen molar-refractivity contribution in [2.45, 2.75) is 45.8 Å². The van der Waals surface area contributed by atoms with Gasteiger partial charge in [0.2, 0.25) is 11.7 Å². The summed E-state index contributed by atoms with van der Waals surface area (Å²) in [4.78, 5) is 50.1. The van der Waals surface area contributed by atoms with Crippen LogP contribution in [0, 0.1) is 0 Å². The van der Waals surface area contributed by atoms with Gasteiger partial charge in [-0.25, -0.2) is 9.59 Å². The summed E-state index contributed by atoms with van der Waals surface area (Å²) in [5, 5.41) is 9.89. The highest BCUT2D eigenvalue weighted by Crippen LogP contribution is 2.26. The van der Waals surface area contributed by atoms with Crippen molar-refractivity contribution in [1.29, 1.82) is 0 Å². The molecule has 1 N–H and O–H groups in total. The van der Waals surface area contributed by atoms with Crippen LogP contribution in [0.4, 0.5) is 5.69 Å². The van der Waals surface area contributed by atoms with Crippen molar-refractivity contribution < 1.29 is 29.0 Å². The Morgan fingerprint density at radius 2 is 1.72 bits per heavy atom. The lowest BCUT2D eigenvalue weighted by Crippen LogP contribution is -2.36. The van der Waals surface area contributed by atoms with Crippen LogP contribution in [0.3, 0.4) is 0 Å². The van der Waals surface area contributed by atoms with Crippen LogP contribution in [0.2, 0.25) is 10.0 Å². The number of amides is 1. The molecule has 0 aliphatic rings. The summed E-state index contributed by atoms with van der Waals surface area (Å²) in [6.45, 7) is 5.10. The second-order valence-corrected chi connectivity index (χ2v) is 8.50. The molecule has 0 saturated heterocycles. The summed E-state index contributed by atoms with van der Waals surface area (Å²) in [5.74, 6) is -3.96. The van der Waals surface area contributed by atoms with Crippen LogP contribution in [0.5, 0.6) is 0 Å². The first-order chi connectivity index (χ1) is 14.9. The number of esters is 1. The minimum Gasteiger partial charge on any atom is -0.478 e. The molecule has 0 bridgehead atoms. The fourth-order valence-electron chi connectivity index (χ4n) is 2.64. The molecule has 1 amide bonds. The van der Waals surface area contributed by atoms with Crippen LogP contribution in [0.15, 0.2) is 42.5 Å². The Morgan fingerprint density at radius 3 is 2.31 bits per heavy atom. The van der Waals surface area contributed by atoms with E-state index in [2.05, 4.69) is 0 Å². The Morgan fingerprint density at radius 1 is 1.03 bits per heavy atom. The van der Waals surface area contributed by atoms with Crippen molar-refractivity contribution in [2.24, 2.45) is 0 Å². The Balaban J connectivity index is 2.33. The number of halogens is 2. The van der Waals surface area contributed by atoms with Gasteiger partial charge in [-0.1, -0.05) is 42.3 Å². The van der Waals surface area contributed by atoms with Gasteiger partial charge in [0.15, 0.2) is 0 Å². The number of hydrogen-bond donors (Lipinski definition) is 1. The van der Waals surface area contributed by atoms with E-state index >= 15 is 0 Å². The number of nitrogens with zero attached hydrogens (tertiary/aromatic N) is 1. The number of ether oxygens (including phenoxy) is 1. The van der Waals surface area contributed by atoms with Gasteiger partial charge in [0.05, 0.1) is 28.6 Å². The number of rotatable bonds is 9. The van der Waals surface area contributed by atoms with Gasteiger partial charge in [0, 0.05) is 5.69 Å². The molecule has 2 rings (SSSR count). The fraction of sp³-hybridized carbons (Fsp3) is 0.304. The van der Waals surface area contributed by atoms with Crippen molar-refractivity contribution in [1.82, 2.24) is 0 Å². The molecule has 2 aromatic carbocycles. The van der Waals surface area contributed by atoms with Gasteiger partial charge in [-0.05, 0) is 56.2 Å². The molecule has 0 heterocycles. The average Bonchev–Trinajstić information content (AvgIpc) is 2.74. The quantitative estimate of drug-likeness (QED) is 0.311. The largest absolute Gasteiger partial charge is 0.478 e. The molecular weight excluding hydrogens is 457 g/mol. The monoisotopic (exact) mass is 479 g/mol. The molecule has 32 heavy (non-hydrogen) atoms. The minimum absolute atomic E-state index is 0.0262. The van der Waals surface area contributed by atoms with Gasteiger partial charge < -0.3 is 14.7 Å². The van der Waals surface area contributed by atoms with E-state index < -0.39 is 35.7 Å². The number of anilines is 1. The molecular formula is C23H23Cl2NO6. The van der Waals surface area contributed by atoms with Gasteiger partial charge in [0.25, 0.3) is 0 Å². The molecule has 0 atom stereocenters. The smallest absolute Gasteiger partial charge is 0.375 e. The third kappa shape index (κ3) is 6.80. The predicted molar refractivity (Wildman–Crippen MR) is 121 cm³/mol. The zero-order chi connectivity index (χ0) is 24.1. The number of ketones is 1. The van der Waals surface area contributed by atoms with E-state index in [1.165, 1.54) is 29.2 Å². The molecule has 7 nitrogen and oxygen atoms in total. The summed E-state index contributed by atoms with van der Waals surface area (Å²) < 4.78 is 5.16. The van der Waals surface area contributed by atoms with Gasteiger partial charge in [-0.2, -0.15) is 0 Å². The van der Waals surface area contributed by atoms with Crippen LogP contribution in [0.1, 0.15) is 49.5 Å². The van der Waals surface area contributed by atoms with Crippen LogP contribution < -0.4 is 4.90 Å². The topological polar surface area (TPSA) is 101 Å². The second kappa shape index (κ2) is 10.6. The second-order valence-electron chi connectivity index (χ2n) is 7.69. The van der Waals surface area contributed by atoms with E-state index in [4.69, 9.17) is 27.9 Å². The normalized spacial score (nSPS) is 11.0. The number of carbonyl (C=O) groups is 4. The van der Waals surface area contributed by atoms with Crippen molar-refractivity contribution in [2.75, 3.05) is 4.90 Å². The van der Waals surface area contributed by atoms with Crippen molar-refractivity contribution >= 4 is 52.5 Å². The molecule has 0 fully saturated rings. The lowest BCUT2D eigenvalue weighted by molar-refractivity contribution is -0.164. The number of aromatic carboxylic acids is 1. The minimum atomic E-state index is -1.17. The maximum absolute atomic E-state index is 13.0. The molecule has 0 aromatic heterocycles. The zero-order valence-corrected chi connectivity index (χ0v) is 19.4. The van der Waals surface area contributed by atoms with Crippen LogP contribution >= 0.6 is 23.2 Å². The van der Waals surface area contributed by atoms with Gasteiger partial charge in [-0.3, -0.25) is 9.59 Å². The Labute approximate surface area is 195 Å². The number of hydrogen-bond acceptors (Lipinski definition) is 5. The summed E-state index contributed by atoms with van der Waals surface area (Å²) in [5.41, 5.74) is -0.0396. The number of benzene rings is 2. The van der Waals surface area contributed by atoms with E-state index in [0.717, 1.165) is 0 Å². The van der Waals surface area contributed by atoms with Crippen molar-refractivity contribution in [3.63, 3.8) is 0 Å². The molecule has 0 aliphatic heterocycles. The molecule has 0 radical (unpaired) electrons. The first-order valence-corrected chi connectivity index (χ1v) is 10.5. The van der Waals surface area contributed by atoms with Crippen LogP contribution in [-0.2, 0) is 25.7 Å². The fourth-order valence-corrected chi connectivity index (χ4v) is 2.96. The Bertz CT molecular complexity index is 1050. The molecule has 0 saturated carbocycles. The number of carboxylic acids is 1. The highest BCUT2D eigenvalue weighted by molar-refractivity contribution is 6.42. The molecule has 170 valence electrons. The predicted octanol–water partition coefficient (Wildman–Crippen LogP) is 4.92. The van der Waals surface area contributed by atoms with Gasteiger partial charge >= 0.3 is 11.9 Å². The highest BCUT2D eigenvalue weighted by Gasteiger charge is 2.29. The molecule has 2 aromatic rings. The summed E-state index contributed by atoms with van der Waals surface area (Å²) in [7, 11) is 0. The first-order valence-electron chi connectivity index (χ1n) is 9.77. The third-order valence-corrected chi connectivity index (χ3v) is 5.53. The molecule has 0 unspecified atom stereocenters. The van der Waals surface area contributed by atoms with E-state index in [1.807, 2.05) is 0 Å². The highest BCUT2D eigenvalue weighted by atomic mass is 35.5. The van der Waals surface area contributed by atoms with E-state index in [9.17, 15) is 24.3 Å². The first kappa shape index (κ1) is 25.4. The zero-order valence-electron chi connectivity index (χ0n) is 17.9. The number of Topliss-reactive ketones (excluding diaryl/α,β-unsaturated/α-hetero) is 1. The average molecular weight is 480 g/mol. The van der Waals surface area contributed by atoms with Crippen LogP contribution in [0.25, 0.3) is 0 Å². The Hall–Kier alpha value is -2.90. The summed E-state index contributed by atoms with van der Waals surface area (Å²) >= 11 is 12.0. The lowest BCUT2D eigenvalue weighted by atomic mass is 10.1. The van der Waals surface area contributed by atoms with E-state index in [-0.39, 0.29) is 22.8 Å². The van der Waals surface area contributed by atoms with Crippen molar-refractivity contribution in [3.8, 4) is 0 Å². The van der Waals surface area contributed by atoms with Gasteiger partial charge in [-0.15, -0.1) is 0 Å². The molecule has 9 heteroatoms.